The lowest BCUT2D eigenvalue weighted by Gasteiger charge is -2.19. The lowest BCUT2D eigenvalue weighted by molar-refractivity contribution is 0.205. The predicted octanol–water partition coefficient (Wildman–Crippen LogP) is 4.36. The first-order valence-electron chi connectivity index (χ1n) is 8.18. The van der Waals surface area contributed by atoms with E-state index in [9.17, 15) is 0 Å². The standard InChI is InChI=1S/C19H21N3O2S/c1-3-21(13-15-7-5-4-6-8-15)14-22-19(25)24-18(20-22)16-9-11-17(23-2)12-10-16/h4-12H,3,13-14H2,1-2H3. The maximum atomic E-state index is 5.67. The van der Waals surface area contributed by atoms with Gasteiger partial charge in [0.2, 0.25) is 5.89 Å². The quantitative estimate of drug-likeness (QED) is 0.589. The van der Waals surface area contributed by atoms with E-state index in [0.29, 0.717) is 17.4 Å². The van der Waals surface area contributed by atoms with Gasteiger partial charge in [-0.3, -0.25) is 4.90 Å². The molecule has 25 heavy (non-hydrogen) atoms. The number of methoxy groups -OCH3 is 1. The van der Waals surface area contributed by atoms with Gasteiger partial charge in [0, 0.05) is 12.1 Å². The highest BCUT2D eigenvalue weighted by atomic mass is 32.1. The summed E-state index contributed by atoms with van der Waals surface area (Å²) >= 11 is 5.33. The summed E-state index contributed by atoms with van der Waals surface area (Å²) in [4.78, 5) is 2.63. The molecule has 0 aliphatic heterocycles. The van der Waals surface area contributed by atoms with Gasteiger partial charge < -0.3 is 9.15 Å². The molecule has 0 amide bonds. The Labute approximate surface area is 152 Å². The molecule has 0 unspecified atom stereocenters. The fourth-order valence-corrected chi connectivity index (χ4v) is 2.72. The van der Waals surface area contributed by atoms with E-state index in [4.69, 9.17) is 21.4 Å². The fraction of sp³-hybridized carbons (Fsp3) is 0.263. The Hall–Kier alpha value is -2.44. The Balaban J connectivity index is 1.75. The summed E-state index contributed by atoms with van der Waals surface area (Å²) in [6.45, 7) is 4.44. The third-order valence-electron chi connectivity index (χ3n) is 3.97. The Morgan fingerprint density at radius 1 is 1.12 bits per heavy atom. The summed E-state index contributed by atoms with van der Waals surface area (Å²) in [5, 5.41) is 4.53. The van der Waals surface area contributed by atoms with Crippen molar-refractivity contribution in [1.82, 2.24) is 14.7 Å². The first-order valence-corrected chi connectivity index (χ1v) is 8.59. The fourth-order valence-electron chi connectivity index (χ4n) is 2.54. The maximum Gasteiger partial charge on any atom is 0.288 e. The van der Waals surface area contributed by atoms with Crippen molar-refractivity contribution >= 4 is 12.2 Å². The summed E-state index contributed by atoms with van der Waals surface area (Å²) in [5.74, 6) is 1.31. The Morgan fingerprint density at radius 2 is 1.84 bits per heavy atom. The molecule has 0 atom stereocenters. The highest BCUT2D eigenvalue weighted by Gasteiger charge is 2.11. The van der Waals surface area contributed by atoms with Crippen molar-refractivity contribution in [3.05, 3.63) is 65.0 Å². The van der Waals surface area contributed by atoms with Crippen LogP contribution < -0.4 is 4.74 Å². The molecular formula is C19H21N3O2S. The predicted molar refractivity (Wildman–Crippen MR) is 99.8 cm³/mol. The number of aromatic nitrogens is 2. The molecule has 2 aromatic carbocycles. The summed E-state index contributed by atoms with van der Waals surface area (Å²) in [6, 6.07) is 17.9. The van der Waals surface area contributed by atoms with E-state index in [1.54, 1.807) is 11.8 Å². The molecule has 0 saturated heterocycles. The number of nitrogens with zero attached hydrogens (tertiary/aromatic N) is 3. The molecule has 6 heteroatoms. The number of rotatable bonds is 7. The molecule has 1 heterocycles. The van der Waals surface area contributed by atoms with Gasteiger partial charge in [-0.05, 0) is 48.6 Å². The molecule has 0 bridgehead atoms. The van der Waals surface area contributed by atoms with Crippen LogP contribution in [0.15, 0.2) is 59.0 Å². The van der Waals surface area contributed by atoms with Gasteiger partial charge in [0.05, 0.1) is 13.8 Å². The maximum absolute atomic E-state index is 5.67. The molecule has 3 rings (SSSR count). The second-order valence-electron chi connectivity index (χ2n) is 5.67. The first kappa shape index (κ1) is 17.4. The van der Waals surface area contributed by atoms with Gasteiger partial charge in [-0.25, -0.2) is 4.68 Å². The number of hydrogen-bond donors (Lipinski definition) is 0. The summed E-state index contributed by atoms with van der Waals surface area (Å²) in [6.07, 6.45) is 0. The van der Waals surface area contributed by atoms with E-state index in [1.165, 1.54) is 5.56 Å². The van der Waals surface area contributed by atoms with E-state index in [0.717, 1.165) is 24.4 Å². The minimum atomic E-state index is 0.373. The highest BCUT2D eigenvalue weighted by molar-refractivity contribution is 7.71. The Morgan fingerprint density at radius 3 is 2.48 bits per heavy atom. The average Bonchev–Trinajstić information content (AvgIpc) is 3.02. The zero-order chi connectivity index (χ0) is 17.6. The van der Waals surface area contributed by atoms with Crippen LogP contribution >= 0.6 is 12.2 Å². The van der Waals surface area contributed by atoms with Crippen molar-refractivity contribution in [3.8, 4) is 17.2 Å². The molecule has 0 N–H and O–H groups in total. The van der Waals surface area contributed by atoms with Crippen LogP contribution in [-0.4, -0.2) is 28.3 Å². The summed E-state index contributed by atoms with van der Waals surface area (Å²) in [5.41, 5.74) is 2.13. The Kier molecular flexibility index (Phi) is 5.63. The number of ether oxygens (including phenoxy) is 1. The summed E-state index contributed by atoms with van der Waals surface area (Å²) < 4.78 is 12.6. The van der Waals surface area contributed by atoms with Crippen LogP contribution in [-0.2, 0) is 13.2 Å². The van der Waals surface area contributed by atoms with Crippen molar-refractivity contribution < 1.29 is 9.15 Å². The normalized spacial score (nSPS) is 11.0. The smallest absolute Gasteiger partial charge is 0.288 e. The number of hydrogen-bond acceptors (Lipinski definition) is 5. The van der Waals surface area contributed by atoms with Gasteiger partial charge in [-0.15, -0.1) is 5.10 Å². The van der Waals surface area contributed by atoms with Crippen LogP contribution in [0, 0.1) is 4.84 Å². The molecule has 5 nitrogen and oxygen atoms in total. The molecule has 0 aliphatic rings. The van der Waals surface area contributed by atoms with Crippen LogP contribution in [0.1, 0.15) is 12.5 Å². The van der Waals surface area contributed by atoms with Crippen molar-refractivity contribution in [2.45, 2.75) is 20.1 Å². The average molecular weight is 355 g/mol. The van der Waals surface area contributed by atoms with Crippen LogP contribution in [0.25, 0.3) is 11.5 Å². The van der Waals surface area contributed by atoms with E-state index in [2.05, 4.69) is 29.1 Å². The third kappa shape index (κ3) is 4.35. The van der Waals surface area contributed by atoms with Crippen LogP contribution in [0.3, 0.4) is 0 Å². The molecule has 1 aromatic heterocycles. The van der Waals surface area contributed by atoms with E-state index in [1.807, 2.05) is 42.5 Å². The third-order valence-corrected chi connectivity index (χ3v) is 4.27. The van der Waals surface area contributed by atoms with Crippen LogP contribution in [0.2, 0.25) is 0 Å². The lowest BCUT2D eigenvalue weighted by Crippen LogP contribution is -2.26. The Bertz CT molecular complexity index is 856. The van der Waals surface area contributed by atoms with Gasteiger partial charge in [0.25, 0.3) is 4.84 Å². The minimum absolute atomic E-state index is 0.373. The zero-order valence-electron chi connectivity index (χ0n) is 14.4. The molecule has 3 aromatic rings. The van der Waals surface area contributed by atoms with Crippen molar-refractivity contribution in [3.63, 3.8) is 0 Å². The zero-order valence-corrected chi connectivity index (χ0v) is 15.2. The molecule has 0 fully saturated rings. The second kappa shape index (κ2) is 8.09. The van der Waals surface area contributed by atoms with E-state index in [-0.39, 0.29) is 0 Å². The van der Waals surface area contributed by atoms with E-state index < -0.39 is 0 Å². The molecule has 0 aliphatic carbocycles. The topological polar surface area (TPSA) is 43.4 Å². The van der Waals surface area contributed by atoms with Gasteiger partial charge in [0.1, 0.15) is 5.75 Å². The lowest BCUT2D eigenvalue weighted by atomic mass is 10.2. The molecule has 0 spiro atoms. The van der Waals surface area contributed by atoms with Crippen molar-refractivity contribution in [2.75, 3.05) is 13.7 Å². The molecule has 0 saturated carbocycles. The van der Waals surface area contributed by atoms with Gasteiger partial charge in [-0.1, -0.05) is 37.3 Å². The van der Waals surface area contributed by atoms with Crippen LogP contribution in [0.4, 0.5) is 0 Å². The van der Waals surface area contributed by atoms with Crippen LogP contribution in [0.5, 0.6) is 5.75 Å². The molecule has 0 radical (unpaired) electrons. The van der Waals surface area contributed by atoms with Gasteiger partial charge >= 0.3 is 0 Å². The van der Waals surface area contributed by atoms with Crippen molar-refractivity contribution in [1.29, 1.82) is 0 Å². The SMILES string of the molecule is CCN(Cc1ccccc1)Cn1nc(-c2ccc(OC)cc2)oc1=S. The number of benzene rings is 2. The first-order chi connectivity index (χ1) is 12.2. The molecular weight excluding hydrogens is 334 g/mol. The van der Waals surface area contributed by atoms with Gasteiger partial charge in [0.15, 0.2) is 0 Å². The summed E-state index contributed by atoms with van der Waals surface area (Å²) in [7, 11) is 1.64. The largest absolute Gasteiger partial charge is 0.497 e. The second-order valence-corrected chi connectivity index (χ2v) is 6.02. The van der Waals surface area contributed by atoms with Gasteiger partial charge in [-0.2, -0.15) is 0 Å². The highest BCUT2D eigenvalue weighted by Crippen LogP contribution is 2.21. The van der Waals surface area contributed by atoms with Crippen molar-refractivity contribution in [2.24, 2.45) is 0 Å². The minimum Gasteiger partial charge on any atom is -0.497 e. The molecule has 130 valence electrons. The monoisotopic (exact) mass is 355 g/mol. The van der Waals surface area contributed by atoms with E-state index >= 15 is 0 Å².